The van der Waals surface area contributed by atoms with Gasteiger partial charge in [0.25, 0.3) is 0 Å². The molecule has 1 heterocycles. The predicted octanol–water partition coefficient (Wildman–Crippen LogP) is 16.3. The highest BCUT2D eigenvalue weighted by Crippen LogP contribution is 2.23. The number of H-pyrrole nitrogens is 1. The minimum absolute atomic E-state index is 0.0152. The van der Waals surface area contributed by atoms with Crippen LogP contribution in [0.5, 0.6) is 0 Å². The minimum Gasteiger partial charge on any atom is -0.481 e. The van der Waals surface area contributed by atoms with Gasteiger partial charge in [-0.1, -0.05) is 273 Å². The molecular formula is C65H123N5O9. The molecule has 14 nitrogen and oxygen atoms in total. The van der Waals surface area contributed by atoms with Crippen LogP contribution in [-0.4, -0.2) is 82.1 Å². The van der Waals surface area contributed by atoms with Crippen molar-refractivity contribution in [1.82, 2.24) is 25.9 Å². The molecule has 0 aliphatic carbocycles. The summed E-state index contributed by atoms with van der Waals surface area (Å²) in [5.41, 5.74) is 0.620. The fraction of sp³-hybridized carbons (Fsp3) is 0.862. The zero-order chi connectivity index (χ0) is 58.8. The van der Waals surface area contributed by atoms with Crippen molar-refractivity contribution >= 4 is 35.6 Å². The van der Waals surface area contributed by atoms with E-state index in [1.807, 2.05) is 0 Å². The van der Waals surface area contributed by atoms with Gasteiger partial charge in [0.05, 0.1) is 25.9 Å². The summed E-state index contributed by atoms with van der Waals surface area (Å²) in [6.45, 7) is 13.1. The van der Waals surface area contributed by atoms with Crippen LogP contribution in [0.2, 0.25) is 0 Å². The van der Waals surface area contributed by atoms with Crippen molar-refractivity contribution in [2.24, 2.45) is 17.8 Å². The molecule has 0 fully saturated rings. The number of methoxy groups -OCH3 is 1. The number of carbonyl (C=O) groups excluding carboxylic acids is 4. The molecule has 6 N–H and O–H groups in total. The number of hydrogen-bond donors (Lipinski definition) is 6. The Morgan fingerprint density at radius 3 is 1.03 bits per heavy atom. The fourth-order valence-corrected chi connectivity index (χ4v) is 9.98. The number of esters is 1. The van der Waals surface area contributed by atoms with Gasteiger partial charge >= 0.3 is 17.9 Å². The number of nitrogens with one attached hydrogen (secondary N) is 4. The van der Waals surface area contributed by atoms with Gasteiger partial charge in [0.2, 0.25) is 17.7 Å². The van der Waals surface area contributed by atoms with E-state index in [-0.39, 0.29) is 55.0 Å². The van der Waals surface area contributed by atoms with E-state index in [9.17, 15) is 39.0 Å². The zero-order valence-electron chi connectivity index (χ0n) is 52.0. The Hall–Kier alpha value is -3.97. The SMILES string of the molecule is CCCCCCCCCC(CCCCCCC)C(=O)NCC(=O)NC(Cc1cnc[nH]1)C(=O)O.CCCCCCCCCC(CCCCCCC)C(=O)NCC(=O)OC.CCCCCCCCCC(CCCCCCC)C(=O)O. The number of amides is 3. The molecule has 1 aromatic heterocycles. The Morgan fingerprint density at radius 1 is 0.443 bits per heavy atom. The first-order valence-electron chi connectivity index (χ1n) is 32.7. The van der Waals surface area contributed by atoms with Crippen LogP contribution in [0.4, 0.5) is 0 Å². The number of carboxylic acid groups (broad SMARTS) is 2. The molecule has 4 atom stereocenters. The molecule has 1 aromatic rings. The van der Waals surface area contributed by atoms with Gasteiger partial charge < -0.3 is 35.9 Å². The number of nitrogens with zero attached hydrogens (tertiary/aromatic N) is 1. The molecule has 4 unspecified atom stereocenters. The maximum atomic E-state index is 12.8. The smallest absolute Gasteiger partial charge is 0.326 e. The molecule has 79 heavy (non-hydrogen) atoms. The van der Waals surface area contributed by atoms with E-state index in [4.69, 9.17) is 0 Å². The molecule has 0 aromatic carbocycles. The van der Waals surface area contributed by atoms with Gasteiger partial charge in [-0.25, -0.2) is 9.78 Å². The summed E-state index contributed by atoms with van der Waals surface area (Å²) in [6.07, 6.45) is 52.5. The Labute approximate surface area is 483 Å². The third kappa shape index (κ3) is 50.7. The van der Waals surface area contributed by atoms with Crippen LogP contribution in [0.3, 0.4) is 0 Å². The lowest BCUT2D eigenvalue weighted by atomic mass is 9.93. The summed E-state index contributed by atoms with van der Waals surface area (Å²) in [5, 5.41) is 26.6. The molecule has 1 rings (SSSR count). The summed E-state index contributed by atoms with van der Waals surface area (Å²) in [6, 6.07) is -1.08. The second kappa shape index (κ2) is 58.7. The molecule has 0 bridgehead atoms. The Bertz CT molecular complexity index is 1560. The number of aromatic nitrogens is 2. The highest BCUT2D eigenvalue weighted by atomic mass is 16.5. The van der Waals surface area contributed by atoms with Gasteiger partial charge in [-0.15, -0.1) is 0 Å². The minimum atomic E-state index is -1.13. The van der Waals surface area contributed by atoms with Gasteiger partial charge in [-0.3, -0.25) is 24.0 Å². The Kier molecular flexibility index (Phi) is 57.3. The lowest BCUT2D eigenvalue weighted by molar-refractivity contribution is -0.142. The van der Waals surface area contributed by atoms with Crippen LogP contribution in [0.25, 0.3) is 0 Å². The summed E-state index contributed by atoms with van der Waals surface area (Å²) < 4.78 is 4.60. The average molecular weight is 1120 g/mol. The normalized spacial score (nSPS) is 12.4. The van der Waals surface area contributed by atoms with Crippen LogP contribution in [0.15, 0.2) is 12.5 Å². The van der Waals surface area contributed by atoms with Gasteiger partial charge in [-0.05, 0) is 38.5 Å². The monoisotopic (exact) mass is 1120 g/mol. The van der Waals surface area contributed by atoms with Crippen molar-refractivity contribution in [2.45, 2.75) is 324 Å². The largest absolute Gasteiger partial charge is 0.481 e. The van der Waals surface area contributed by atoms with Crippen LogP contribution in [-0.2, 0) is 39.9 Å². The molecule has 0 radical (unpaired) electrons. The average Bonchev–Trinajstić information content (AvgIpc) is 3.96. The summed E-state index contributed by atoms with van der Waals surface area (Å²) in [7, 11) is 1.35. The van der Waals surface area contributed by atoms with Gasteiger partial charge in [0.1, 0.15) is 12.6 Å². The number of carbonyl (C=O) groups is 6. The Morgan fingerprint density at radius 2 is 0.747 bits per heavy atom. The molecule has 462 valence electrons. The first-order chi connectivity index (χ1) is 38.3. The maximum absolute atomic E-state index is 12.8. The number of unbranched alkanes of at least 4 members (excludes halogenated alkanes) is 30. The molecule has 0 spiro atoms. The molecule has 0 saturated carbocycles. The van der Waals surface area contributed by atoms with Crippen LogP contribution in [0, 0.1) is 17.8 Å². The fourth-order valence-electron chi connectivity index (χ4n) is 9.98. The Balaban J connectivity index is 0. The molecule has 0 saturated heterocycles. The summed E-state index contributed by atoms with van der Waals surface area (Å²) in [4.78, 5) is 78.2. The first-order valence-corrected chi connectivity index (χ1v) is 32.7. The molecule has 0 aliphatic rings. The van der Waals surface area contributed by atoms with Crippen molar-refractivity contribution < 1.29 is 43.7 Å². The lowest BCUT2D eigenvalue weighted by Crippen LogP contribution is -2.47. The second-order valence-electron chi connectivity index (χ2n) is 22.5. The summed E-state index contributed by atoms with van der Waals surface area (Å²) in [5.74, 6) is -2.81. The number of imidazole rings is 1. The van der Waals surface area contributed by atoms with Gasteiger partial charge in [-0.2, -0.15) is 0 Å². The number of aliphatic carboxylic acids is 2. The van der Waals surface area contributed by atoms with Crippen LogP contribution >= 0.6 is 0 Å². The van der Waals surface area contributed by atoms with Crippen LogP contribution < -0.4 is 16.0 Å². The van der Waals surface area contributed by atoms with Crippen molar-refractivity contribution in [3.8, 4) is 0 Å². The number of rotatable bonds is 53. The maximum Gasteiger partial charge on any atom is 0.326 e. The third-order valence-corrected chi connectivity index (χ3v) is 15.2. The number of hydrogen-bond acceptors (Lipinski definition) is 8. The zero-order valence-corrected chi connectivity index (χ0v) is 52.0. The van der Waals surface area contributed by atoms with E-state index in [1.165, 1.54) is 199 Å². The highest BCUT2D eigenvalue weighted by Gasteiger charge is 2.24. The number of carboxylic acids is 2. The standard InChI is InChI=1S/C26H46N4O4.C21H41NO3.C18H36O2/c1-3-5-7-9-10-12-14-16-21(15-13-11-8-6-4-2)25(32)28-19-24(31)30-23(26(33)34)17-22-18-27-20-29-22;1-4-6-8-10-11-13-15-17-19(16-14-12-9-7-5-2)21(24)22-18-20(23)25-3;1-3-5-7-9-10-12-14-16-17(18(19)20)15-13-11-8-6-4-2/h18,20-21,23H,3-17,19H2,1-2H3,(H,27,29)(H,28,32)(H,30,31)(H,33,34);19H,4-18H2,1-3H3,(H,22,24);17H,3-16H2,1-2H3,(H,19,20). The van der Waals surface area contributed by atoms with E-state index in [2.05, 4.69) is 72.2 Å². The van der Waals surface area contributed by atoms with E-state index in [0.717, 1.165) is 89.9 Å². The van der Waals surface area contributed by atoms with Gasteiger partial charge in [0, 0.05) is 30.1 Å². The number of aromatic amines is 1. The lowest BCUT2D eigenvalue weighted by Gasteiger charge is -2.18. The van der Waals surface area contributed by atoms with Crippen molar-refractivity contribution in [1.29, 1.82) is 0 Å². The second-order valence-corrected chi connectivity index (χ2v) is 22.5. The predicted molar refractivity (Wildman–Crippen MR) is 326 cm³/mol. The topological polar surface area (TPSA) is 217 Å². The highest BCUT2D eigenvalue weighted by molar-refractivity contribution is 5.88. The quantitative estimate of drug-likeness (QED) is 0.0268. The van der Waals surface area contributed by atoms with Crippen LogP contribution in [0.1, 0.15) is 317 Å². The molecule has 0 aliphatic heterocycles. The van der Waals surface area contributed by atoms with E-state index >= 15 is 0 Å². The van der Waals surface area contributed by atoms with Gasteiger partial charge in [0.15, 0.2) is 0 Å². The molecular weight excluding hydrogens is 995 g/mol. The van der Waals surface area contributed by atoms with E-state index < -0.39 is 23.9 Å². The van der Waals surface area contributed by atoms with Crippen molar-refractivity contribution in [3.05, 3.63) is 18.2 Å². The summed E-state index contributed by atoms with van der Waals surface area (Å²) >= 11 is 0. The van der Waals surface area contributed by atoms with E-state index in [0.29, 0.717) is 5.69 Å². The molecule has 3 amide bonds. The molecule has 14 heteroatoms. The first kappa shape index (κ1) is 77.1. The van der Waals surface area contributed by atoms with E-state index in [1.54, 1.807) is 0 Å². The number of ether oxygens (including phenoxy) is 1. The van der Waals surface area contributed by atoms with Crippen molar-refractivity contribution in [3.63, 3.8) is 0 Å². The van der Waals surface area contributed by atoms with Crippen molar-refractivity contribution in [2.75, 3.05) is 20.2 Å². The third-order valence-electron chi connectivity index (χ3n) is 15.2.